The fourth-order valence-corrected chi connectivity index (χ4v) is 5.61. The predicted octanol–water partition coefficient (Wildman–Crippen LogP) is 4.80. The molecule has 1 aromatic rings. The molecule has 1 saturated carbocycles. The lowest BCUT2D eigenvalue weighted by molar-refractivity contribution is -0.140. The number of amides is 2. The number of carbonyl (C=O) groups excluding carboxylic acids is 3. The van der Waals surface area contributed by atoms with Crippen molar-refractivity contribution >= 4 is 23.3 Å². The molecule has 4 rings (SSSR count). The molecule has 2 fully saturated rings. The van der Waals surface area contributed by atoms with Crippen LogP contribution >= 0.6 is 0 Å². The van der Waals surface area contributed by atoms with Crippen molar-refractivity contribution in [1.82, 2.24) is 4.90 Å². The molecule has 2 aliphatic heterocycles. The molecule has 2 amide bonds. The van der Waals surface area contributed by atoms with E-state index in [0.29, 0.717) is 18.8 Å². The quantitative estimate of drug-likeness (QED) is 0.608. The molecule has 0 aromatic heterocycles. The standard InChI is InChI=1S/C27H35N3O3/c1-17(12-18-10-11-18)22(31)13-19(14-26(2,3)4)24(32)30-16-27(15-23(30)28-5)20-8-6-7-9-21(20)29-25(27)33/h6-9,17-19,23H,10-16H2,1-4H3,(H,29,33)/t17-,19-,23-,27-/m0/s1. The van der Waals surface area contributed by atoms with Crippen molar-refractivity contribution in [3.8, 4) is 0 Å². The lowest BCUT2D eigenvalue weighted by Crippen LogP contribution is -2.43. The molecular weight excluding hydrogens is 414 g/mol. The first-order valence-corrected chi connectivity index (χ1v) is 12.1. The first-order chi connectivity index (χ1) is 15.5. The topological polar surface area (TPSA) is 70.8 Å². The number of rotatable bonds is 7. The molecule has 3 aliphatic rings. The number of para-hydroxylation sites is 1. The SMILES string of the molecule is [C-]#[N+][C@@H]1C[C@@]2(CN1C(=O)[C@@H](CC(=O)[C@@H](C)CC1CC1)CC(C)(C)C)C(=O)Nc1ccccc12. The van der Waals surface area contributed by atoms with Gasteiger partial charge in [-0.1, -0.05) is 58.7 Å². The lowest BCUT2D eigenvalue weighted by Gasteiger charge is -2.29. The Morgan fingerprint density at radius 2 is 1.97 bits per heavy atom. The van der Waals surface area contributed by atoms with E-state index in [2.05, 4.69) is 30.9 Å². The molecule has 1 N–H and O–H groups in total. The molecule has 1 aromatic carbocycles. The van der Waals surface area contributed by atoms with E-state index in [-0.39, 0.29) is 41.9 Å². The van der Waals surface area contributed by atoms with Gasteiger partial charge >= 0.3 is 6.17 Å². The van der Waals surface area contributed by atoms with E-state index in [0.717, 1.165) is 17.7 Å². The maximum absolute atomic E-state index is 13.8. The second-order valence-corrected chi connectivity index (χ2v) is 11.6. The van der Waals surface area contributed by atoms with Crippen molar-refractivity contribution in [2.24, 2.45) is 23.2 Å². The van der Waals surface area contributed by atoms with Crippen LogP contribution in [0.2, 0.25) is 0 Å². The highest BCUT2D eigenvalue weighted by molar-refractivity contribution is 6.07. The van der Waals surface area contributed by atoms with Crippen molar-refractivity contribution in [3.63, 3.8) is 0 Å². The highest BCUT2D eigenvalue weighted by Gasteiger charge is 2.59. The third kappa shape index (κ3) is 4.69. The first-order valence-electron chi connectivity index (χ1n) is 12.1. The van der Waals surface area contributed by atoms with Gasteiger partial charge in [-0.2, -0.15) is 0 Å². The number of Topliss-reactive ketones (excluding diaryl/α,β-unsaturated/α-hetero) is 1. The Hall–Kier alpha value is -2.68. The van der Waals surface area contributed by atoms with E-state index in [1.165, 1.54) is 12.8 Å². The molecule has 2 heterocycles. The molecule has 33 heavy (non-hydrogen) atoms. The molecule has 6 nitrogen and oxygen atoms in total. The summed E-state index contributed by atoms with van der Waals surface area (Å²) in [5, 5.41) is 2.94. The van der Waals surface area contributed by atoms with E-state index in [1.54, 1.807) is 4.90 Å². The fraction of sp³-hybridized carbons (Fsp3) is 0.630. The molecule has 1 saturated heterocycles. The van der Waals surface area contributed by atoms with Crippen LogP contribution in [0, 0.1) is 29.7 Å². The summed E-state index contributed by atoms with van der Waals surface area (Å²) in [5.74, 6) is -0.0190. The van der Waals surface area contributed by atoms with Crippen molar-refractivity contribution in [3.05, 3.63) is 41.2 Å². The normalized spacial score (nSPS) is 26.0. The highest BCUT2D eigenvalue weighted by atomic mass is 16.2. The summed E-state index contributed by atoms with van der Waals surface area (Å²) in [6.45, 7) is 16.2. The number of anilines is 1. The van der Waals surface area contributed by atoms with Gasteiger partial charge in [0.25, 0.3) is 0 Å². The largest absolute Gasteiger partial charge is 0.325 e. The van der Waals surface area contributed by atoms with Crippen LogP contribution in [0.1, 0.15) is 71.8 Å². The van der Waals surface area contributed by atoms with Gasteiger partial charge in [-0.3, -0.25) is 24.1 Å². The van der Waals surface area contributed by atoms with Crippen LogP contribution in [0.25, 0.3) is 4.85 Å². The summed E-state index contributed by atoms with van der Waals surface area (Å²) in [6, 6.07) is 7.54. The fourth-order valence-electron chi connectivity index (χ4n) is 5.61. The number of ketones is 1. The monoisotopic (exact) mass is 449 g/mol. The Labute approximate surface area is 196 Å². The van der Waals surface area contributed by atoms with E-state index >= 15 is 0 Å². The maximum atomic E-state index is 13.8. The molecule has 0 unspecified atom stereocenters. The molecule has 6 heteroatoms. The molecule has 0 radical (unpaired) electrons. The minimum absolute atomic E-state index is 0.0400. The van der Waals surface area contributed by atoms with Gasteiger partial charge in [0.05, 0.1) is 6.42 Å². The third-order valence-electron chi connectivity index (χ3n) is 7.48. The number of fused-ring (bicyclic) bond motifs is 2. The van der Waals surface area contributed by atoms with E-state index in [9.17, 15) is 14.4 Å². The highest BCUT2D eigenvalue weighted by Crippen LogP contribution is 2.47. The molecular formula is C27H35N3O3. The van der Waals surface area contributed by atoms with E-state index < -0.39 is 17.5 Å². The Morgan fingerprint density at radius 1 is 1.27 bits per heavy atom. The zero-order valence-electron chi connectivity index (χ0n) is 20.2. The zero-order valence-corrected chi connectivity index (χ0v) is 20.2. The number of likely N-dealkylation sites (tertiary alicyclic amines) is 1. The van der Waals surface area contributed by atoms with Gasteiger partial charge in [-0.25, -0.2) is 6.57 Å². The van der Waals surface area contributed by atoms with Crippen LogP contribution in [-0.4, -0.2) is 35.2 Å². The Balaban J connectivity index is 1.58. The Bertz CT molecular complexity index is 1000. The smallest absolute Gasteiger partial charge is 0.302 e. The van der Waals surface area contributed by atoms with Crippen molar-refractivity contribution in [2.75, 3.05) is 11.9 Å². The predicted molar refractivity (Wildman–Crippen MR) is 127 cm³/mol. The average molecular weight is 450 g/mol. The minimum Gasteiger partial charge on any atom is -0.325 e. The van der Waals surface area contributed by atoms with Crippen molar-refractivity contribution < 1.29 is 14.4 Å². The van der Waals surface area contributed by atoms with Crippen LogP contribution in [-0.2, 0) is 19.8 Å². The summed E-state index contributed by atoms with van der Waals surface area (Å²) in [7, 11) is 0. The minimum atomic E-state index is -0.892. The number of hydrogen-bond donors (Lipinski definition) is 1. The second kappa shape index (κ2) is 8.59. The van der Waals surface area contributed by atoms with Gasteiger partial charge in [-0.05, 0) is 35.8 Å². The zero-order chi connectivity index (χ0) is 24.0. The van der Waals surface area contributed by atoms with Crippen LogP contribution in [0.15, 0.2) is 24.3 Å². The molecule has 0 bridgehead atoms. The summed E-state index contributed by atoms with van der Waals surface area (Å²) < 4.78 is 0. The molecule has 4 atom stereocenters. The van der Waals surface area contributed by atoms with E-state index in [4.69, 9.17) is 6.57 Å². The van der Waals surface area contributed by atoms with Gasteiger partial charge in [0.15, 0.2) is 0 Å². The van der Waals surface area contributed by atoms with Gasteiger partial charge in [0, 0.05) is 30.5 Å². The van der Waals surface area contributed by atoms with Crippen LogP contribution in [0.3, 0.4) is 0 Å². The summed E-state index contributed by atoms with van der Waals surface area (Å²) in [5.41, 5.74) is 0.594. The van der Waals surface area contributed by atoms with Crippen LogP contribution < -0.4 is 5.32 Å². The van der Waals surface area contributed by atoms with Crippen molar-refractivity contribution in [2.45, 2.75) is 77.8 Å². The molecule has 1 spiro atoms. The number of nitrogens with zero attached hydrogens (tertiary/aromatic N) is 2. The average Bonchev–Trinajstić information content (AvgIpc) is 3.41. The van der Waals surface area contributed by atoms with Gasteiger partial charge in [0.1, 0.15) is 11.2 Å². The third-order valence-corrected chi connectivity index (χ3v) is 7.48. The Morgan fingerprint density at radius 3 is 2.61 bits per heavy atom. The summed E-state index contributed by atoms with van der Waals surface area (Å²) in [6.07, 6.45) is 3.69. The lowest BCUT2D eigenvalue weighted by atomic mass is 9.79. The number of benzene rings is 1. The van der Waals surface area contributed by atoms with Gasteiger partial charge < -0.3 is 5.32 Å². The first kappa shape index (κ1) is 23.5. The number of carbonyl (C=O) groups is 3. The van der Waals surface area contributed by atoms with E-state index in [1.807, 2.05) is 31.2 Å². The van der Waals surface area contributed by atoms with Gasteiger partial charge in [-0.15, -0.1) is 0 Å². The summed E-state index contributed by atoms with van der Waals surface area (Å²) in [4.78, 5) is 45.3. The second-order valence-electron chi connectivity index (χ2n) is 11.6. The molecule has 176 valence electrons. The Kier molecular flexibility index (Phi) is 6.11. The number of hydrogen-bond acceptors (Lipinski definition) is 3. The van der Waals surface area contributed by atoms with Crippen LogP contribution in [0.4, 0.5) is 5.69 Å². The number of nitrogens with one attached hydrogen (secondary N) is 1. The molecule has 1 aliphatic carbocycles. The van der Waals surface area contributed by atoms with Crippen LogP contribution in [0.5, 0.6) is 0 Å². The maximum Gasteiger partial charge on any atom is 0.302 e. The summed E-state index contributed by atoms with van der Waals surface area (Å²) >= 11 is 0. The van der Waals surface area contributed by atoms with Gasteiger partial charge in [0.2, 0.25) is 11.8 Å². The van der Waals surface area contributed by atoms with Crippen molar-refractivity contribution in [1.29, 1.82) is 0 Å².